The van der Waals surface area contributed by atoms with Gasteiger partial charge in [0.1, 0.15) is 11.1 Å². The van der Waals surface area contributed by atoms with Gasteiger partial charge in [-0.2, -0.15) is 0 Å². The minimum absolute atomic E-state index is 0.286. The molecule has 0 aliphatic heterocycles. The van der Waals surface area contributed by atoms with E-state index in [-0.39, 0.29) is 5.91 Å². The third kappa shape index (κ3) is 3.29. The molecule has 106 valence electrons. The number of carbonyl (C=O) groups excluding carboxylic acids is 1. The molecule has 0 aliphatic rings. The van der Waals surface area contributed by atoms with Crippen LogP contribution >= 0.6 is 22.9 Å². The molecular formula is C14H15ClN2O2S. The van der Waals surface area contributed by atoms with Crippen LogP contribution in [0.25, 0.3) is 0 Å². The van der Waals surface area contributed by atoms with E-state index in [1.54, 1.807) is 31.4 Å². The molecule has 0 saturated carbocycles. The molecule has 0 radical (unpaired) electrons. The van der Waals surface area contributed by atoms with Gasteiger partial charge in [-0.15, -0.1) is 22.9 Å². The van der Waals surface area contributed by atoms with Crippen molar-refractivity contribution in [1.82, 2.24) is 4.98 Å². The molecule has 1 unspecified atom stereocenters. The number of rotatable bonds is 4. The van der Waals surface area contributed by atoms with E-state index in [1.165, 1.54) is 11.3 Å². The molecule has 1 heterocycles. The van der Waals surface area contributed by atoms with Gasteiger partial charge in [0, 0.05) is 4.88 Å². The molecule has 0 bridgehead atoms. The number of carbonyl (C=O) groups is 1. The van der Waals surface area contributed by atoms with Crippen LogP contribution in [0.2, 0.25) is 0 Å². The van der Waals surface area contributed by atoms with Crippen LogP contribution in [-0.4, -0.2) is 18.0 Å². The summed E-state index contributed by atoms with van der Waals surface area (Å²) in [6.45, 7) is 3.87. The number of anilines is 1. The molecule has 1 amide bonds. The zero-order chi connectivity index (χ0) is 14.7. The zero-order valence-electron chi connectivity index (χ0n) is 11.4. The van der Waals surface area contributed by atoms with E-state index in [4.69, 9.17) is 16.3 Å². The summed E-state index contributed by atoms with van der Waals surface area (Å²) in [5.74, 6) is 0.440. The lowest BCUT2D eigenvalue weighted by Gasteiger charge is -2.09. The standard InChI is InChI=1S/C14H15ClN2O2S/c1-8-9(2)20-14(16-8)17-13(18)12(15)10-4-6-11(19-3)7-5-10/h4-7,12H,1-3H3,(H,16,17,18). The first kappa shape index (κ1) is 14.8. The van der Waals surface area contributed by atoms with Gasteiger partial charge in [-0.1, -0.05) is 12.1 Å². The predicted molar refractivity (Wildman–Crippen MR) is 81.8 cm³/mol. The highest BCUT2D eigenvalue weighted by Crippen LogP contribution is 2.26. The quantitative estimate of drug-likeness (QED) is 0.876. The minimum atomic E-state index is -0.759. The Bertz CT molecular complexity index is 591. The maximum atomic E-state index is 12.1. The Kier molecular flexibility index (Phi) is 4.62. The molecular weight excluding hydrogens is 296 g/mol. The van der Waals surface area contributed by atoms with E-state index in [1.807, 2.05) is 13.8 Å². The topological polar surface area (TPSA) is 51.2 Å². The summed E-state index contributed by atoms with van der Waals surface area (Å²) >= 11 is 7.61. The van der Waals surface area contributed by atoms with Crippen molar-refractivity contribution in [2.75, 3.05) is 12.4 Å². The molecule has 1 atom stereocenters. The number of ether oxygens (including phenoxy) is 1. The van der Waals surface area contributed by atoms with E-state index >= 15 is 0 Å². The third-order valence-electron chi connectivity index (χ3n) is 2.90. The Morgan fingerprint density at radius 2 is 2.00 bits per heavy atom. The first-order valence-electron chi connectivity index (χ1n) is 6.04. The van der Waals surface area contributed by atoms with Crippen molar-refractivity contribution >= 4 is 34.0 Å². The molecule has 2 aromatic rings. The number of hydrogen-bond acceptors (Lipinski definition) is 4. The van der Waals surface area contributed by atoms with Gasteiger partial charge >= 0.3 is 0 Å². The Morgan fingerprint density at radius 1 is 1.35 bits per heavy atom. The fourth-order valence-electron chi connectivity index (χ4n) is 1.62. The second-order valence-electron chi connectivity index (χ2n) is 4.29. The maximum Gasteiger partial charge on any atom is 0.248 e. The molecule has 0 spiro atoms. The zero-order valence-corrected chi connectivity index (χ0v) is 13.0. The second kappa shape index (κ2) is 6.24. The van der Waals surface area contributed by atoms with Crippen LogP contribution in [-0.2, 0) is 4.79 Å². The molecule has 20 heavy (non-hydrogen) atoms. The number of methoxy groups -OCH3 is 1. The summed E-state index contributed by atoms with van der Waals surface area (Å²) in [5.41, 5.74) is 1.64. The number of amides is 1. The van der Waals surface area contributed by atoms with Gasteiger partial charge in [-0.3, -0.25) is 4.79 Å². The lowest BCUT2D eigenvalue weighted by Crippen LogP contribution is -2.17. The number of hydrogen-bond donors (Lipinski definition) is 1. The van der Waals surface area contributed by atoms with Crippen LogP contribution < -0.4 is 10.1 Å². The number of alkyl halides is 1. The van der Waals surface area contributed by atoms with Crippen molar-refractivity contribution in [3.8, 4) is 5.75 Å². The second-order valence-corrected chi connectivity index (χ2v) is 5.93. The van der Waals surface area contributed by atoms with E-state index < -0.39 is 5.38 Å². The van der Waals surface area contributed by atoms with E-state index in [2.05, 4.69) is 10.3 Å². The molecule has 0 fully saturated rings. The maximum absolute atomic E-state index is 12.1. The van der Waals surface area contributed by atoms with Gasteiger partial charge in [0.15, 0.2) is 5.13 Å². The Balaban J connectivity index is 2.07. The molecule has 1 aromatic carbocycles. The normalized spacial score (nSPS) is 12.0. The van der Waals surface area contributed by atoms with Gasteiger partial charge < -0.3 is 10.1 Å². The number of halogens is 1. The Hall–Kier alpha value is -1.59. The van der Waals surface area contributed by atoms with Crippen LogP contribution in [0.3, 0.4) is 0 Å². The fourth-order valence-corrected chi connectivity index (χ4v) is 2.64. The SMILES string of the molecule is COc1ccc(C(Cl)C(=O)Nc2nc(C)c(C)s2)cc1. The summed E-state index contributed by atoms with van der Waals surface area (Å²) in [5, 5.41) is 2.55. The number of aromatic nitrogens is 1. The van der Waals surface area contributed by atoms with Gasteiger partial charge in [-0.25, -0.2) is 4.98 Å². The molecule has 2 rings (SSSR count). The molecule has 6 heteroatoms. The largest absolute Gasteiger partial charge is 0.497 e. The van der Waals surface area contributed by atoms with E-state index in [9.17, 15) is 4.79 Å². The summed E-state index contributed by atoms with van der Waals surface area (Å²) in [6.07, 6.45) is 0. The molecule has 1 N–H and O–H groups in total. The first-order chi connectivity index (χ1) is 9.51. The summed E-state index contributed by atoms with van der Waals surface area (Å²) < 4.78 is 5.07. The van der Waals surface area contributed by atoms with Crippen molar-refractivity contribution < 1.29 is 9.53 Å². The number of aryl methyl sites for hydroxylation is 2. The van der Waals surface area contributed by atoms with Crippen LogP contribution in [0.4, 0.5) is 5.13 Å². The van der Waals surface area contributed by atoms with Gasteiger partial charge in [0.05, 0.1) is 12.8 Å². The average molecular weight is 311 g/mol. The smallest absolute Gasteiger partial charge is 0.248 e. The van der Waals surface area contributed by atoms with Crippen molar-refractivity contribution in [1.29, 1.82) is 0 Å². The van der Waals surface area contributed by atoms with Crippen LogP contribution in [0, 0.1) is 13.8 Å². The number of thiazole rings is 1. The summed E-state index contributed by atoms with van der Waals surface area (Å²) in [4.78, 5) is 17.4. The number of nitrogens with one attached hydrogen (secondary N) is 1. The van der Waals surface area contributed by atoms with Gasteiger partial charge in [0.25, 0.3) is 0 Å². The van der Waals surface area contributed by atoms with Crippen LogP contribution in [0.1, 0.15) is 21.5 Å². The van der Waals surface area contributed by atoms with Crippen LogP contribution in [0.5, 0.6) is 5.75 Å². The van der Waals surface area contributed by atoms with Crippen molar-refractivity contribution in [3.63, 3.8) is 0 Å². The van der Waals surface area contributed by atoms with Crippen LogP contribution in [0.15, 0.2) is 24.3 Å². The highest BCUT2D eigenvalue weighted by Gasteiger charge is 2.19. The highest BCUT2D eigenvalue weighted by atomic mass is 35.5. The van der Waals surface area contributed by atoms with Crippen molar-refractivity contribution in [2.45, 2.75) is 19.2 Å². The molecule has 0 saturated heterocycles. The Labute approximate surface area is 126 Å². The monoisotopic (exact) mass is 310 g/mol. The predicted octanol–water partition coefficient (Wildman–Crippen LogP) is 3.69. The molecule has 1 aromatic heterocycles. The van der Waals surface area contributed by atoms with Gasteiger partial charge in [0.2, 0.25) is 5.91 Å². The van der Waals surface area contributed by atoms with E-state index in [0.717, 1.165) is 21.9 Å². The first-order valence-corrected chi connectivity index (χ1v) is 7.29. The van der Waals surface area contributed by atoms with Crippen molar-refractivity contribution in [2.24, 2.45) is 0 Å². The summed E-state index contributed by atoms with van der Waals surface area (Å²) in [6, 6.07) is 7.09. The minimum Gasteiger partial charge on any atom is -0.497 e. The van der Waals surface area contributed by atoms with Crippen molar-refractivity contribution in [3.05, 3.63) is 40.4 Å². The average Bonchev–Trinajstić information content (AvgIpc) is 2.76. The van der Waals surface area contributed by atoms with Gasteiger partial charge in [-0.05, 0) is 31.5 Å². The third-order valence-corrected chi connectivity index (χ3v) is 4.34. The lowest BCUT2D eigenvalue weighted by atomic mass is 10.1. The lowest BCUT2D eigenvalue weighted by molar-refractivity contribution is -0.116. The molecule has 4 nitrogen and oxygen atoms in total. The summed E-state index contributed by atoms with van der Waals surface area (Å²) in [7, 11) is 1.59. The molecule has 0 aliphatic carbocycles. The number of benzene rings is 1. The van der Waals surface area contributed by atoms with E-state index in [0.29, 0.717) is 5.13 Å². The highest BCUT2D eigenvalue weighted by molar-refractivity contribution is 7.15. The Morgan fingerprint density at radius 3 is 2.50 bits per heavy atom. The fraction of sp³-hybridized carbons (Fsp3) is 0.286. The number of nitrogens with zero attached hydrogens (tertiary/aromatic N) is 1.